The molecule has 1 amide bonds. The van der Waals surface area contributed by atoms with E-state index in [4.69, 9.17) is 9.84 Å². The Morgan fingerprint density at radius 3 is 2.70 bits per heavy atom. The van der Waals surface area contributed by atoms with E-state index in [1.54, 1.807) is 12.1 Å². The molecule has 0 aromatic heterocycles. The Morgan fingerprint density at radius 2 is 2.05 bits per heavy atom. The van der Waals surface area contributed by atoms with Crippen molar-refractivity contribution in [1.82, 2.24) is 5.32 Å². The summed E-state index contributed by atoms with van der Waals surface area (Å²) < 4.78 is 5.29. The first-order chi connectivity index (χ1) is 9.66. The standard InChI is InChI=1S/C15H19NO4/c17-14(18)8-11-4-1-2-5-12(11)9-16-15(19)13-6-3-7-20-10-13/h1-2,4-5,13H,3,6-10H2,(H,16,19)(H,17,18). The number of hydrogen-bond donors (Lipinski definition) is 2. The van der Waals surface area contributed by atoms with E-state index in [2.05, 4.69) is 5.32 Å². The third kappa shape index (κ3) is 4.06. The normalized spacial score (nSPS) is 18.5. The van der Waals surface area contributed by atoms with Gasteiger partial charge in [0, 0.05) is 13.2 Å². The highest BCUT2D eigenvalue weighted by molar-refractivity contribution is 5.79. The highest BCUT2D eigenvalue weighted by atomic mass is 16.5. The summed E-state index contributed by atoms with van der Waals surface area (Å²) in [5.41, 5.74) is 1.58. The van der Waals surface area contributed by atoms with E-state index in [0.717, 1.165) is 30.6 Å². The molecule has 1 heterocycles. The molecule has 2 N–H and O–H groups in total. The number of hydrogen-bond acceptors (Lipinski definition) is 3. The number of rotatable bonds is 5. The van der Waals surface area contributed by atoms with Crippen molar-refractivity contribution in [1.29, 1.82) is 0 Å². The first-order valence-electron chi connectivity index (χ1n) is 6.81. The summed E-state index contributed by atoms with van der Waals surface area (Å²) in [6.07, 6.45) is 1.73. The number of carbonyl (C=O) groups is 2. The molecule has 1 aromatic rings. The van der Waals surface area contributed by atoms with E-state index in [9.17, 15) is 9.59 Å². The second kappa shape index (κ2) is 7.05. The average Bonchev–Trinajstić information content (AvgIpc) is 2.46. The molecule has 1 atom stereocenters. The first kappa shape index (κ1) is 14.5. The highest BCUT2D eigenvalue weighted by Gasteiger charge is 2.21. The Labute approximate surface area is 117 Å². The molecule has 108 valence electrons. The van der Waals surface area contributed by atoms with Gasteiger partial charge in [0.1, 0.15) is 0 Å². The number of nitrogens with one attached hydrogen (secondary N) is 1. The lowest BCUT2D eigenvalue weighted by Gasteiger charge is -2.21. The van der Waals surface area contributed by atoms with Gasteiger partial charge >= 0.3 is 5.97 Å². The fourth-order valence-corrected chi connectivity index (χ4v) is 2.34. The van der Waals surface area contributed by atoms with Crippen LogP contribution in [0.15, 0.2) is 24.3 Å². The van der Waals surface area contributed by atoms with Crippen molar-refractivity contribution >= 4 is 11.9 Å². The molecule has 0 bridgehead atoms. The van der Waals surface area contributed by atoms with Crippen molar-refractivity contribution in [3.8, 4) is 0 Å². The van der Waals surface area contributed by atoms with Gasteiger partial charge in [-0.1, -0.05) is 24.3 Å². The van der Waals surface area contributed by atoms with Crippen LogP contribution in [0.5, 0.6) is 0 Å². The third-order valence-electron chi connectivity index (χ3n) is 3.44. The van der Waals surface area contributed by atoms with Crippen molar-refractivity contribution < 1.29 is 19.4 Å². The number of benzene rings is 1. The molecule has 1 saturated heterocycles. The summed E-state index contributed by atoms with van der Waals surface area (Å²) >= 11 is 0. The zero-order valence-electron chi connectivity index (χ0n) is 11.3. The quantitative estimate of drug-likeness (QED) is 0.852. The third-order valence-corrected chi connectivity index (χ3v) is 3.44. The zero-order valence-corrected chi connectivity index (χ0v) is 11.3. The number of ether oxygens (including phenoxy) is 1. The maximum absolute atomic E-state index is 12.0. The molecule has 1 aliphatic rings. The molecule has 5 heteroatoms. The fourth-order valence-electron chi connectivity index (χ4n) is 2.34. The van der Waals surface area contributed by atoms with Crippen LogP contribution in [-0.4, -0.2) is 30.2 Å². The van der Waals surface area contributed by atoms with Crippen LogP contribution in [0.1, 0.15) is 24.0 Å². The molecule has 1 aromatic carbocycles. The van der Waals surface area contributed by atoms with Crippen LogP contribution in [-0.2, 0) is 27.3 Å². The minimum absolute atomic E-state index is 0.0187. The summed E-state index contributed by atoms with van der Waals surface area (Å²) in [5.74, 6) is -0.977. The molecule has 5 nitrogen and oxygen atoms in total. The summed E-state index contributed by atoms with van der Waals surface area (Å²) in [5, 5.41) is 11.7. The predicted octanol–water partition coefficient (Wildman–Crippen LogP) is 1.36. The summed E-state index contributed by atoms with van der Waals surface area (Å²) in [6, 6.07) is 7.27. The maximum atomic E-state index is 12.0. The van der Waals surface area contributed by atoms with Crippen LogP contribution < -0.4 is 5.32 Å². The maximum Gasteiger partial charge on any atom is 0.307 e. The van der Waals surface area contributed by atoms with E-state index in [0.29, 0.717) is 13.2 Å². The van der Waals surface area contributed by atoms with Crippen LogP contribution in [0.2, 0.25) is 0 Å². The minimum atomic E-state index is -0.871. The van der Waals surface area contributed by atoms with Crippen LogP contribution in [0.25, 0.3) is 0 Å². The molecule has 0 spiro atoms. The lowest BCUT2D eigenvalue weighted by Crippen LogP contribution is -2.35. The van der Waals surface area contributed by atoms with Crippen LogP contribution in [0.3, 0.4) is 0 Å². The van der Waals surface area contributed by atoms with Crippen molar-refractivity contribution in [3.05, 3.63) is 35.4 Å². The van der Waals surface area contributed by atoms with Crippen LogP contribution in [0.4, 0.5) is 0 Å². The van der Waals surface area contributed by atoms with Gasteiger partial charge in [-0.25, -0.2) is 0 Å². The van der Waals surface area contributed by atoms with Crippen molar-refractivity contribution in [2.24, 2.45) is 5.92 Å². The van der Waals surface area contributed by atoms with Gasteiger partial charge < -0.3 is 15.2 Å². The Morgan fingerprint density at radius 1 is 1.30 bits per heavy atom. The second-order valence-electron chi connectivity index (χ2n) is 4.97. The molecule has 1 fully saturated rings. The van der Waals surface area contributed by atoms with Gasteiger partial charge in [0.15, 0.2) is 0 Å². The number of aliphatic carboxylic acids is 1. The van der Waals surface area contributed by atoms with E-state index in [-0.39, 0.29) is 18.2 Å². The molecule has 0 saturated carbocycles. The van der Waals surface area contributed by atoms with Crippen LogP contribution >= 0.6 is 0 Å². The van der Waals surface area contributed by atoms with Crippen LogP contribution in [0, 0.1) is 5.92 Å². The molecular weight excluding hydrogens is 258 g/mol. The Bertz CT molecular complexity index is 481. The molecular formula is C15H19NO4. The fraction of sp³-hybridized carbons (Fsp3) is 0.467. The average molecular weight is 277 g/mol. The Balaban J connectivity index is 1.92. The number of carboxylic acid groups (broad SMARTS) is 1. The van der Waals surface area contributed by atoms with E-state index < -0.39 is 5.97 Å². The van der Waals surface area contributed by atoms with Gasteiger partial charge in [-0.05, 0) is 24.0 Å². The number of carboxylic acids is 1. The van der Waals surface area contributed by atoms with E-state index >= 15 is 0 Å². The van der Waals surface area contributed by atoms with Crippen molar-refractivity contribution in [2.75, 3.05) is 13.2 Å². The van der Waals surface area contributed by atoms with Crippen molar-refractivity contribution in [2.45, 2.75) is 25.8 Å². The predicted molar refractivity (Wildman–Crippen MR) is 73.2 cm³/mol. The summed E-state index contributed by atoms with van der Waals surface area (Å²) in [4.78, 5) is 22.8. The smallest absolute Gasteiger partial charge is 0.307 e. The molecule has 0 aliphatic carbocycles. The monoisotopic (exact) mass is 277 g/mol. The summed E-state index contributed by atoms with van der Waals surface area (Å²) in [6.45, 7) is 1.56. The molecule has 20 heavy (non-hydrogen) atoms. The van der Waals surface area contributed by atoms with Gasteiger partial charge in [-0.3, -0.25) is 9.59 Å². The van der Waals surface area contributed by atoms with E-state index in [1.165, 1.54) is 0 Å². The minimum Gasteiger partial charge on any atom is -0.481 e. The van der Waals surface area contributed by atoms with E-state index in [1.807, 2.05) is 12.1 Å². The Hall–Kier alpha value is -1.88. The molecule has 2 rings (SSSR count). The lowest BCUT2D eigenvalue weighted by atomic mass is 10.0. The van der Waals surface area contributed by atoms with Crippen molar-refractivity contribution in [3.63, 3.8) is 0 Å². The largest absolute Gasteiger partial charge is 0.481 e. The number of carbonyl (C=O) groups excluding carboxylic acids is 1. The molecule has 0 radical (unpaired) electrons. The lowest BCUT2D eigenvalue weighted by molar-refractivity contribution is -0.136. The van der Waals surface area contributed by atoms with Gasteiger partial charge in [0.25, 0.3) is 0 Å². The molecule has 1 unspecified atom stereocenters. The topological polar surface area (TPSA) is 75.6 Å². The SMILES string of the molecule is O=C(O)Cc1ccccc1CNC(=O)C1CCCOC1. The van der Waals surface area contributed by atoms with Gasteiger partial charge in [-0.2, -0.15) is 0 Å². The first-order valence-corrected chi connectivity index (χ1v) is 6.81. The Kier molecular flexibility index (Phi) is 5.12. The highest BCUT2D eigenvalue weighted by Crippen LogP contribution is 2.14. The zero-order chi connectivity index (χ0) is 14.4. The van der Waals surface area contributed by atoms with Gasteiger partial charge in [0.2, 0.25) is 5.91 Å². The summed E-state index contributed by atoms with van der Waals surface area (Å²) in [7, 11) is 0. The molecule has 1 aliphatic heterocycles. The second-order valence-corrected chi connectivity index (χ2v) is 4.97. The van der Waals surface area contributed by atoms with Gasteiger partial charge in [-0.15, -0.1) is 0 Å². The number of amides is 1. The van der Waals surface area contributed by atoms with Gasteiger partial charge in [0.05, 0.1) is 18.9 Å².